The molecule has 2 aromatic heterocycles. The third-order valence-corrected chi connectivity index (χ3v) is 3.21. The molecule has 0 unspecified atom stereocenters. The summed E-state index contributed by atoms with van der Waals surface area (Å²) in [6.45, 7) is 6.66. The lowest BCUT2D eigenvalue weighted by Crippen LogP contribution is -2.03. The van der Waals surface area contributed by atoms with Crippen LogP contribution in [0.25, 0.3) is 11.2 Å². The summed E-state index contributed by atoms with van der Waals surface area (Å²) in [5.74, 6) is 0. The number of aromatic nitrogens is 4. The molecule has 17 heavy (non-hydrogen) atoms. The number of fused-ring (bicyclic) bond motifs is 1. The number of H-pyrrole nitrogens is 1. The Hall–Kier alpha value is -0.880. The molecule has 6 heteroatoms. The Bertz CT molecular complexity index is 619. The van der Waals surface area contributed by atoms with Crippen molar-refractivity contribution < 1.29 is 0 Å². The smallest absolute Gasteiger partial charge is 0.179 e. The lowest BCUT2D eigenvalue weighted by Gasteiger charge is -2.02. The number of imidazole rings is 1. The van der Waals surface area contributed by atoms with Gasteiger partial charge >= 0.3 is 0 Å². The summed E-state index contributed by atoms with van der Waals surface area (Å²) >= 11 is 8.71. The summed E-state index contributed by atoms with van der Waals surface area (Å²) in [6, 6.07) is 0. The van der Waals surface area contributed by atoms with Crippen molar-refractivity contribution in [3.05, 3.63) is 21.5 Å². The first-order chi connectivity index (χ1) is 8.04. The van der Waals surface area contributed by atoms with Crippen LogP contribution in [0, 0.1) is 4.77 Å². The highest BCUT2D eigenvalue weighted by Crippen LogP contribution is 2.20. The van der Waals surface area contributed by atoms with Crippen LogP contribution in [0.3, 0.4) is 0 Å². The van der Waals surface area contributed by atoms with E-state index >= 15 is 0 Å². The number of aryl methyl sites for hydroxylation is 2. The molecule has 0 aliphatic rings. The van der Waals surface area contributed by atoms with E-state index in [0.717, 1.165) is 34.2 Å². The Morgan fingerprint density at radius 2 is 2.29 bits per heavy atom. The van der Waals surface area contributed by atoms with E-state index < -0.39 is 0 Å². The highest BCUT2D eigenvalue weighted by Gasteiger charge is 2.14. The number of nitrogens with zero attached hydrogens (tertiary/aromatic N) is 3. The summed E-state index contributed by atoms with van der Waals surface area (Å²) in [6.07, 6.45) is 2.03. The van der Waals surface area contributed by atoms with Gasteiger partial charge in [0.1, 0.15) is 5.52 Å². The zero-order chi connectivity index (χ0) is 12.6. The number of rotatable bonds is 4. The molecule has 92 valence electrons. The van der Waals surface area contributed by atoms with Crippen LogP contribution in [-0.4, -0.2) is 19.3 Å². The van der Waals surface area contributed by atoms with E-state index in [1.54, 1.807) is 0 Å². The number of aromatic amines is 1. The molecule has 0 fully saturated rings. The molecule has 0 aliphatic carbocycles. The van der Waals surface area contributed by atoms with Gasteiger partial charge in [0.05, 0.1) is 12.2 Å². The number of halogens is 1. The fraction of sp³-hybridized carbons (Fsp3) is 0.455. The van der Waals surface area contributed by atoms with E-state index in [1.807, 2.05) is 16.3 Å². The van der Waals surface area contributed by atoms with Gasteiger partial charge in [-0.25, -0.2) is 0 Å². The fourth-order valence-corrected chi connectivity index (χ4v) is 2.51. The molecule has 0 amide bonds. The molecule has 2 aromatic rings. The highest BCUT2D eigenvalue weighted by molar-refractivity contribution is 9.11. The number of hydrogen-bond acceptors (Lipinski definition) is 2. The van der Waals surface area contributed by atoms with Crippen molar-refractivity contribution in [2.24, 2.45) is 7.05 Å². The summed E-state index contributed by atoms with van der Waals surface area (Å²) in [7, 11) is 1.94. The molecular weight excluding hydrogens is 300 g/mol. The minimum Gasteiger partial charge on any atom is -0.328 e. The summed E-state index contributed by atoms with van der Waals surface area (Å²) in [5, 5.41) is 4.52. The van der Waals surface area contributed by atoms with Crippen molar-refractivity contribution in [2.75, 3.05) is 0 Å². The van der Waals surface area contributed by atoms with Crippen molar-refractivity contribution in [3.8, 4) is 0 Å². The van der Waals surface area contributed by atoms with Gasteiger partial charge in [-0.3, -0.25) is 9.25 Å². The molecule has 0 aliphatic heterocycles. The molecule has 0 atom stereocenters. The van der Waals surface area contributed by atoms with Gasteiger partial charge in [-0.2, -0.15) is 5.10 Å². The van der Waals surface area contributed by atoms with Crippen LogP contribution in [0.1, 0.15) is 19.0 Å². The normalized spacial score (nSPS) is 11.2. The molecule has 1 N–H and O–H groups in total. The molecule has 2 rings (SSSR count). The lowest BCUT2D eigenvalue weighted by molar-refractivity contribution is 0.707. The van der Waals surface area contributed by atoms with Gasteiger partial charge in [-0.15, -0.1) is 0 Å². The Labute approximate surface area is 113 Å². The van der Waals surface area contributed by atoms with E-state index in [-0.39, 0.29) is 0 Å². The second-order valence-corrected chi connectivity index (χ2v) is 5.56. The Balaban J connectivity index is 2.65. The molecule has 0 saturated heterocycles. The molecule has 0 saturated carbocycles. The summed E-state index contributed by atoms with van der Waals surface area (Å²) < 4.78 is 5.50. The van der Waals surface area contributed by atoms with Gasteiger partial charge < -0.3 is 4.98 Å². The maximum Gasteiger partial charge on any atom is 0.179 e. The SMILES string of the molecule is C=C(Br)Cn1c(=S)[nH]c2c(CCC)nn(C)c21. The van der Waals surface area contributed by atoms with E-state index in [2.05, 4.69) is 39.5 Å². The fourth-order valence-electron chi connectivity index (χ4n) is 2.01. The van der Waals surface area contributed by atoms with E-state index in [4.69, 9.17) is 12.2 Å². The van der Waals surface area contributed by atoms with Gasteiger partial charge in [0, 0.05) is 11.5 Å². The zero-order valence-corrected chi connectivity index (χ0v) is 12.4. The average molecular weight is 315 g/mol. The van der Waals surface area contributed by atoms with Crippen LogP contribution in [0.5, 0.6) is 0 Å². The minimum atomic E-state index is 0.657. The molecular formula is C11H15BrN4S. The van der Waals surface area contributed by atoms with Crippen molar-refractivity contribution in [1.82, 2.24) is 19.3 Å². The highest BCUT2D eigenvalue weighted by atomic mass is 79.9. The minimum absolute atomic E-state index is 0.657. The third-order valence-electron chi connectivity index (χ3n) is 2.64. The monoisotopic (exact) mass is 314 g/mol. The number of allylic oxidation sites excluding steroid dienone is 1. The standard InChI is InChI=1S/C11H15BrN4S/c1-4-5-8-9-10(15(3)14-8)16(6-7(2)12)11(17)13-9/h2,4-6H2,1,3H3,(H,13,17). The predicted octanol–water partition coefficient (Wildman–Crippen LogP) is 3.29. The zero-order valence-electron chi connectivity index (χ0n) is 9.96. The van der Waals surface area contributed by atoms with E-state index in [0.29, 0.717) is 11.3 Å². The quantitative estimate of drug-likeness (QED) is 0.879. The first-order valence-corrected chi connectivity index (χ1v) is 6.72. The van der Waals surface area contributed by atoms with Crippen LogP contribution in [-0.2, 0) is 20.0 Å². The van der Waals surface area contributed by atoms with Crippen molar-refractivity contribution in [1.29, 1.82) is 0 Å². The molecule has 4 nitrogen and oxygen atoms in total. The third kappa shape index (κ3) is 2.24. The number of hydrogen-bond donors (Lipinski definition) is 1. The van der Waals surface area contributed by atoms with Crippen LogP contribution < -0.4 is 0 Å². The largest absolute Gasteiger partial charge is 0.328 e. The van der Waals surface area contributed by atoms with Crippen molar-refractivity contribution in [3.63, 3.8) is 0 Å². The topological polar surface area (TPSA) is 38.5 Å². The Morgan fingerprint density at radius 1 is 1.59 bits per heavy atom. The lowest BCUT2D eigenvalue weighted by atomic mass is 10.2. The molecule has 0 aromatic carbocycles. The van der Waals surface area contributed by atoms with Gasteiger partial charge in [-0.05, 0) is 18.6 Å². The van der Waals surface area contributed by atoms with Crippen LogP contribution >= 0.6 is 28.1 Å². The van der Waals surface area contributed by atoms with Gasteiger partial charge in [0.2, 0.25) is 0 Å². The summed E-state index contributed by atoms with van der Waals surface area (Å²) in [5.41, 5.74) is 3.15. The Morgan fingerprint density at radius 3 is 2.88 bits per heavy atom. The first kappa shape index (κ1) is 12.6. The number of nitrogens with one attached hydrogen (secondary N) is 1. The summed E-state index contributed by atoms with van der Waals surface area (Å²) in [4.78, 5) is 3.24. The maximum absolute atomic E-state index is 5.33. The second kappa shape index (κ2) is 4.78. The van der Waals surface area contributed by atoms with Gasteiger partial charge in [0.15, 0.2) is 10.4 Å². The van der Waals surface area contributed by atoms with Crippen LogP contribution in [0.2, 0.25) is 0 Å². The van der Waals surface area contributed by atoms with Crippen LogP contribution in [0.4, 0.5) is 0 Å². The maximum atomic E-state index is 5.33. The average Bonchev–Trinajstić information content (AvgIpc) is 2.69. The molecule has 2 heterocycles. The van der Waals surface area contributed by atoms with Gasteiger partial charge in [0.25, 0.3) is 0 Å². The van der Waals surface area contributed by atoms with Crippen molar-refractivity contribution >= 4 is 39.3 Å². The Kier molecular flexibility index (Phi) is 3.53. The second-order valence-electron chi connectivity index (χ2n) is 4.05. The molecule has 0 spiro atoms. The van der Waals surface area contributed by atoms with E-state index in [9.17, 15) is 0 Å². The van der Waals surface area contributed by atoms with Crippen molar-refractivity contribution in [2.45, 2.75) is 26.3 Å². The molecule has 0 bridgehead atoms. The van der Waals surface area contributed by atoms with E-state index in [1.165, 1.54) is 0 Å². The van der Waals surface area contributed by atoms with Gasteiger partial charge in [-0.1, -0.05) is 35.9 Å². The first-order valence-electron chi connectivity index (χ1n) is 5.52. The molecule has 0 radical (unpaired) electrons. The van der Waals surface area contributed by atoms with Crippen LogP contribution in [0.15, 0.2) is 11.1 Å². The predicted molar refractivity (Wildman–Crippen MR) is 76.0 cm³/mol.